The minimum atomic E-state index is -3.86. The first-order valence-electron chi connectivity index (χ1n) is 10.2. The third-order valence-electron chi connectivity index (χ3n) is 4.87. The Hall–Kier alpha value is -2.00. The fourth-order valence-electron chi connectivity index (χ4n) is 3.06. The summed E-state index contributed by atoms with van der Waals surface area (Å²) in [6.45, 7) is 3.37. The van der Waals surface area contributed by atoms with Gasteiger partial charge in [0, 0.05) is 23.1 Å². The molecule has 0 saturated heterocycles. The number of para-hydroxylation sites is 1. The van der Waals surface area contributed by atoms with Gasteiger partial charge in [-0.15, -0.1) is 0 Å². The van der Waals surface area contributed by atoms with Crippen molar-refractivity contribution >= 4 is 62.3 Å². The van der Waals surface area contributed by atoms with Crippen molar-refractivity contribution in [2.24, 2.45) is 0 Å². The molecule has 0 unspecified atom stereocenters. The molecule has 2 aromatic carbocycles. The van der Waals surface area contributed by atoms with E-state index >= 15 is 0 Å². The summed E-state index contributed by atoms with van der Waals surface area (Å²) in [7, 11) is -3.86. The Bertz CT molecular complexity index is 1110. The number of hydrogen-bond acceptors (Lipinski definition) is 4. The van der Waals surface area contributed by atoms with E-state index in [9.17, 15) is 18.0 Å². The van der Waals surface area contributed by atoms with Gasteiger partial charge in [0.15, 0.2) is 0 Å². The average molecular weight is 535 g/mol. The van der Waals surface area contributed by atoms with E-state index in [2.05, 4.69) is 5.32 Å². The van der Waals surface area contributed by atoms with Crippen molar-refractivity contribution in [1.82, 2.24) is 10.2 Å². The van der Waals surface area contributed by atoms with E-state index < -0.39 is 28.5 Å². The van der Waals surface area contributed by atoms with E-state index in [-0.39, 0.29) is 23.2 Å². The Morgan fingerprint density at radius 3 is 2.30 bits per heavy atom. The molecule has 33 heavy (non-hydrogen) atoms. The fraction of sp³-hybridized carbons (Fsp3) is 0.364. The van der Waals surface area contributed by atoms with Crippen LogP contribution < -0.4 is 9.62 Å². The van der Waals surface area contributed by atoms with Crippen molar-refractivity contribution in [3.63, 3.8) is 0 Å². The Kier molecular flexibility index (Phi) is 9.84. The Labute approximate surface area is 209 Å². The molecule has 0 heterocycles. The van der Waals surface area contributed by atoms with Gasteiger partial charge in [0.1, 0.15) is 12.6 Å². The Morgan fingerprint density at radius 2 is 1.73 bits per heavy atom. The van der Waals surface area contributed by atoms with Gasteiger partial charge in [-0.05, 0) is 43.2 Å². The molecule has 0 fully saturated rings. The average Bonchev–Trinajstić information content (AvgIpc) is 2.74. The maximum atomic E-state index is 13.4. The van der Waals surface area contributed by atoms with Gasteiger partial charge in [-0.25, -0.2) is 8.42 Å². The number of rotatable bonds is 10. The van der Waals surface area contributed by atoms with Crippen LogP contribution in [0.2, 0.25) is 15.1 Å². The normalized spacial score (nSPS) is 12.2. The van der Waals surface area contributed by atoms with Crippen molar-refractivity contribution in [3.05, 3.63) is 63.1 Å². The highest BCUT2D eigenvalue weighted by atomic mass is 35.5. The number of nitrogens with one attached hydrogen (secondary N) is 1. The van der Waals surface area contributed by atoms with E-state index in [1.807, 2.05) is 6.92 Å². The number of carbonyl (C=O) groups excluding carboxylic acids is 2. The first-order valence-corrected chi connectivity index (χ1v) is 13.2. The highest BCUT2D eigenvalue weighted by molar-refractivity contribution is 7.92. The minimum Gasteiger partial charge on any atom is -0.354 e. The number of anilines is 1. The second-order valence-electron chi connectivity index (χ2n) is 7.45. The number of benzene rings is 2. The quantitative estimate of drug-likeness (QED) is 0.491. The van der Waals surface area contributed by atoms with Crippen molar-refractivity contribution in [1.29, 1.82) is 0 Å². The summed E-state index contributed by atoms with van der Waals surface area (Å²) in [4.78, 5) is 27.4. The molecular weight excluding hydrogens is 509 g/mol. The van der Waals surface area contributed by atoms with Gasteiger partial charge in [0.2, 0.25) is 21.8 Å². The predicted molar refractivity (Wildman–Crippen MR) is 133 cm³/mol. The molecule has 0 aliphatic carbocycles. The van der Waals surface area contributed by atoms with Crippen LogP contribution in [0.1, 0.15) is 25.8 Å². The Balaban J connectivity index is 2.42. The largest absolute Gasteiger partial charge is 0.354 e. The second-order valence-corrected chi connectivity index (χ2v) is 10.6. The summed E-state index contributed by atoms with van der Waals surface area (Å²) >= 11 is 18.5. The lowest BCUT2D eigenvalue weighted by Crippen LogP contribution is -2.51. The van der Waals surface area contributed by atoms with Crippen molar-refractivity contribution < 1.29 is 18.0 Å². The van der Waals surface area contributed by atoms with Gasteiger partial charge in [-0.3, -0.25) is 13.9 Å². The molecule has 11 heteroatoms. The first kappa shape index (κ1) is 27.2. The molecule has 2 aromatic rings. The molecule has 0 aromatic heterocycles. The van der Waals surface area contributed by atoms with E-state index in [4.69, 9.17) is 34.8 Å². The van der Waals surface area contributed by atoms with E-state index in [1.165, 1.54) is 23.1 Å². The number of amides is 2. The second kappa shape index (κ2) is 11.9. The summed E-state index contributed by atoms with van der Waals surface area (Å²) in [5.74, 6) is -0.954. The smallest absolute Gasteiger partial charge is 0.244 e. The fourth-order valence-corrected chi connectivity index (χ4v) is 4.68. The summed E-state index contributed by atoms with van der Waals surface area (Å²) in [6.07, 6.45) is 1.71. The molecular formula is C22H26Cl3N3O4S. The highest BCUT2D eigenvalue weighted by Crippen LogP contribution is 2.28. The topological polar surface area (TPSA) is 86.8 Å². The predicted octanol–water partition coefficient (Wildman–Crippen LogP) is 4.36. The third kappa shape index (κ3) is 7.50. The zero-order valence-electron chi connectivity index (χ0n) is 18.5. The maximum Gasteiger partial charge on any atom is 0.244 e. The molecule has 2 amide bonds. The van der Waals surface area contributed by atoms with Crippen LogP contribution in [0.3, 0.4) is 0 Å². The molecule has 0 aliphatic rings. The lowest BCUT2D eigenvalue weighted by molar-refractivity contribution is -0.139. The third-order valence-corrected chi connectivity index (χ3v) is 6.91. The molecule has 0 spiro atoms. The molecule has 2 rings (SSSR count). The van der Waals surface area contributed by atoms with Crippen LogP contribution in [0.4, 0.5) is 5.69 Å². The lowest BCUT2D eigenvalue weighted by Gasteiger charge is -2.32. The highest BCUT2D eigenvalue weighted by Gasteiger charge is 2.31. The minimum absolute atomic E-state index is 0.0182. The molecule has 180 valence electrons. The zero-order valence-corrected chi connectivity index (χ0v) is 21.6. The molecule has 0 aliphatic heterocycles. The maximum absolute atomic E-state index is 13.4. The summed E-state index contributed by atoms with van der Waals surface area (Å²) in [5, 5.41) is 3.69. The Morgan fingerprint density at radius 1 is 1.06 bits per heavy atom. The van der Waals surface area contributed by atoms with Gasteiger partial charge in [-0.2, -0.15) is 0 Å². The van der Waals surface area contributed by atoms with Gasteiger partial charge < -0.3 is 10.2 Å². The standard InChI is InChI=1S/C22H26Cl3N3O4S/c1-4-11-26-22(30)15(2)27(13-16-9-10-17(23)12-19(16)25)21(29)14-28(33(3,31)32)20-8-6-5-7-18(20)24/h5-10,12,15H,4,11,13-14H2,1-3H3,(H,26,30)/t15-/m0/s1. The van der Waals surface area contributed by atoms with Crippen LogP contribution in [-0.4, -0.2) is 50.5 Å². The molecule has 1 N–H and O–H groups in total. The number of sulfonamides is 1. The van der Waals surface area contributed by atoms with E-state index in [0.29, 0.717) is 22.2 Å². The SMILES string of the molecule is CCCNC(=O)[C@H](C)N(Cc1ccc(Cl)cc1Cl)C(=O)CN(c1ccccc1Cl)S(C)(=O)=O. The van der Waals surface area contributed by atoms with Crippen molar-refractivity contribution in [3.8, 4) is 0 Å². The van der Waals surface area contributed by atoms with Gasteiger partial charge in [0.05, 0.1) is 17.0 Å². The van der Waals surface area contributed by atoms with Crippen LogP contribution in [-0.2, 0) is 26.2 Å². The van der Waals surface area contributed by atoms with Gasteiger partial charge in [0.25, 0.3) is 0 Å². The molecule has 0 radical (unpaired) electrons. The van der Waals surface area contributed by atoms with Gasteiger partial charge >= 0.3 is 0 Å². The first-order chi connectivity index (χ1) is 15.5. The van der Waals surface area contributed by atoms with Crippen molar-refractivity contribution in [2.75, 3.05) is 23.7 Å². The molecule has 1 atom stereocenters. The van der Waals surface area contributed by atoms with Crippen LogP contribution in [0.15, 0.2) is 42.5 Å². The van der Waals surface area contributed by atoms with Crippen LogP contribution in [0.25, 0.3) is 0 Å². The number of carbonyl (C=O) groups is 2. The van der Waals surface area contributed by atoms with Crippen LogP contribution >= 0.6 is 34.8 Å². The number of hydrogen-bond donors (Lipinski definition) is 1. The van der Waals surface area contributed by atoms with E-state index in [1.54, 1.807) is 31.2 Å². The van der Waals surface area contributed by atoms with Crippen LogP contribution in [0.5, 0.6) is 0 Å². The van der Waals surface area contributed by atoms with Crippen molar-refractivity contribution in [2.45, 2.75) is 32.9 Å². The molecule has 0 bridgehead atoms. The number of nitrogens with zero attached hydrogens (tertiary/aromatic N) is 2. The lowest BCUT2D eigenvalue weighted by atomic mass is 10.1. The van der Waals surface area contributed by atoms with E-state index in [0.717, 1.165) is 17.0 Å². The number of halogens is 3. The molecule has 7 nitrogen and oxygen atoms in total. The zero-order chi connectivity index (χ0) is 24.8. The van der Waals surface area contributed by atoms with Gasteiger partial charge in [-0.1, -0.05) is 59.9 Å². The molecule has 0 saturated carbocycles. The summed E-state index contributed by atoms with van der Waals surface area (Å²) in [6, 6.07) is 10.3. The summed E-state index contributed by atoms with van der Waals surface area (Å²) in [5.41, 5.74) is 0.732. The summed E-state index contributed by atoms with van der Waals surface area (Å²) < 4.78 is 26.0. The monoisotopic (exact) mass is 533 g/mol. The van der Waals surface area contributed by atoms with Crippen LogP contribution in [0, 0.1) is 0 Å².